The SMILES string of the molecule is CCCC(N)C(=O)Nc1ccc(O)cc1. The molecule has 0 aliphatic carbocycles. The van der Waals surface area contributed by atoms with Gasteiger partial charge in [-0.05, 0) is 30.7 Å². The molecule has 1 aromatic rings. The molecule has 1 amide bonds. The van der Waals surface area contributed by atoms with Gasteiger partial charge in [-0.2, -0.15) is 0 Å². The Kier molecular flexibility index (Phi) is 4.12. The van der Waals surface area contributed by atoms with Crippen molar-refractivity contribution in [2.75, 3.05) is 5.32 Å². The Hall–Kier alpha value is -1.55. The van der Waals surface area contributed by atoms with Gasteiger partial charge >= 0.3 is 0 Å². The fourth-order valence-electron chi connectivity index (χ4n) is 1.22. The van der Waals surface area contributed by atoms with E-state index in [2.05, 4.69) is 5.32 Å². The maximum atomic E-state index is 11.5. The van der Waals surface area contributed by atoms with Gasteiger partial charge in [-0.25, -0.2) is 0 Å². The Morgan fingerprint density at radius 1 is 1.47 bits per heavy atom. The van der Waals surface area contributed by atoms with E-state index in [1.807, 2.05) is 6.92 Å². The summed E-state index contributed by atoms with van der Waals surface area (Å²) in [6.07, 6.45) is 1.55. The summed E-state index contributed by atoms with van der Waals surface area (Å²) < 4.78 is 0. The Bertz CT molecular complexity index is 322. The summed E-state index contributed by atoms with van der Waals surface area (Å²) in [7, 11) is 0. The average Bonchev–Trinajstić information content (AvgIpc) is 2.22. The number of hydrogen-bond donors (Lipinski definition) is 3. The second-order valence-corrected chi connectivity index (χ2v) is 3.43. The molecular weight excluding hydrogens is 192 g/mol. The molecule has 0 aromatic heterocycles. The molecule has 0 fully saturated rings. The zero-order valence-corrected chi connectivity index (χ0v) is 8.73. The molecular formula is C11H16N2O2. The molecule has 1 aromatic carbocycles. The van der Waals surface area contributed by atoms with E-state index in [1.165, 1.54) is 12.1 Å². The van der Waals surface area contributed by atoms with E-state index in [4.69, 9.17) is 10.8 Å². The third-order valence-corrected chi connectivity index (χ3v) is 2.07. The average molecular weight is 208 g/mol. The first-order valence-electron chi connectivity index (χ1n) is 4.99. The summed E-state index contributed by atoms with van der Waals surface area (Å²) in [4.78, 5) is 11.5. The van der Waals surface area contributed by atoms with Gasteiger partial charge in [0.15, 0.2) is 0 Å². The normalized spacial score (nSPS) is 12.1. The van der Waals surface area contributed by atoms with E-state index in [1.54, 1.807) is 12.1 Å². The molecule has 0 saturated carbocycles. The number of nitrogens with one attached hydrogen (secondary N) is 1. The highest BCUT2D eigenvalue weighted by atomic mass is 16.3. The predicted molar refractivity (Wildman–Crippen MR) is 59.6 cm³/mol. The second-order valence-electron chi connectivity index (χ2n) is 3.43. The summed E-state index contributed by atoms with van der Waals surface area (Å²) in [5.74, 6) is -0.0200. The molecule has 0 radical (unpaired) electrons. The molecule has 15 heavy (non-hydrogen) atoms. The Morgan fingerprint density at radius 2 is 2.07 bits per heavy atom. The van der Waals surface area contributed by atoms with E-state index in [0.29, 0.717) is 12.1 Å². The maximum absolute atomic E-state index is 11.5. The van der Waals surface area contributed by atoms with Gasteiger partial charge in [0.1, 0.15) is 5.75 Å². The lowest BCUT2D eigenvalue weighted by Gasteiger charge is -2.10. The number of phenolic OH excluding ortho intramolecular Hbond substituents is 1. The molecule has 4 nitrogen and oxygen atoms in total. The molecule has 4 N–H and O–H groups in total. The van der Waals surface area contributed by atoms with Gasteiger partial charge in [-0.3, -0.25) is 4.79 Å². The zero-order valence-electron chi connectivity index (χ0n) is 8.73. The number of rotatable bonds is 4. The fraction of sp³-hybridized carbons (Fsp3) is 0.364. The van der Waals surface area contributed by atoms with Gasteiger partial charge in [-0.1, -0.05) is 13.3 Å². The van der Waals surface area contributed by atoms with E-state index in [0.717, 1.165) is 6.42 Å². The van der Waals surface area contributed by atoms with Crippen LogP contribution in [0.25, 0.3) is 0 Å². The number of carbonyl (C=O) groups excluding carboxylic acids is 1. The summed E-state index contributed by atoms with van der Waals surface area (Å²) >= 11 is 0. The molecule has 0 saturated heterocycles. The van der Waals surface area contributed by atoms with Crippen molar-refractivity contribution in [1.82, 2.24) is 0 Å². The minimum Gasteiger partial charge on any atom is -0.508 e. The van der Waals surface area contributed by atoms with Crippen LogP contribution in [0.15, 0.2) is 24.3 Å². The fourth-order valence-corrected chi connectivity index (χ4v) is 1.22. The molecule has 1 unspecified atom stereocenters. The van der Waals surface area contributed by atoms with Crippen molar-refractivity contribution in [3.63, 3.8) is 0 Å². The van der Waals surface area contributed by atoms with Gasteiger partial charge < -0.3 is 16.2 Å². The van der Waals surface area contributed by atoms with Crippen molar-refractivity contribution in [2.24, 2.45) is 5.73 Å². The van der Waals surface area contributed by atoms with Crippen LogP contribution in [0.3, 0.4) is 0 Å². The molecule has 1 rings (SSSR count). The van der Waals surface area contributed by atoms with Crippen LogP contribution in [0, 0.1) is 0 Å². The summed E-state index contributed by atoms with van der Waals surface area (Å²) in [5.41, 5.74) is 6.29. The van der Waals surface area contributed by atoms with Crippen LogP contribution < -0.4 is 11.1 Å². The van der Waals surface area contributed by atoms with E-state index in [-0.39, 0.29) is 11.7 Å². The highest BCUT2D eigenvalue weighted by Crippen LogP contribution is 2.13. The van der Waals surface area contributed by atoms with E-state index < -0.39 is 6.04 Å². The van der Waals surface area contributed by atoms with Crippen molar-refractivity contribution in [1.29, 1.82) is 0 Å². The second kappa shape index (κ2) is 5.36. The minimum absolute atomic E-state index is 0.172. The first kappa shape index (κ1) is 11.5. The lowest BCUT2D eigenvalue weighted by atomic mass is 10.1. The molecule has 0 bridgehead atoms. The lowest BCUT2D eigenvalue weighted by Crippen LogP contribution is -2.35. The third kappa shape index (κ3) is 3.59. The molecule has 0 aliphatic rings. The van der Waals surface area contributed by atoms with Gasteiger partial charge in [-0.15, -0.1) is 0 Å². The highest BCUT2D eigenvalue weighted by molar-refractivity contribution is 5.94. The van der Waals surface area contributed by atoms with Gasteiger partial charge in [0.2, 0.25) is 5.91 Å². The Morgan fingerprint density at radius 3 is 2.60 bits per heavy atom. The van der Waals surface area contributed by atoms with Crippen LogP contribution in [0.4, 0.5) is 5.69 Å². The van der Waals surface area contributed by atoms with Crippen LogP contribution in [0.2, 0.25) is 0 Å². The largest absolute Gasteiger partial charge is 0.508 e. The topological polar surface area (TPSA) is 75.4 Å². The number of hydrogen-bond acceptors (Lipinski definition) is 3. The number of anilines is 1. The first-order valence-corrected chi connectivity index (χ1v) is 4.99. The van der Waals surface area contributed by atoms with Crippen LogP contribution in [0.5, 0.6) is 5.75 Å². The lowest BCUT2D eigenvalue weighted by molar-refractivity contribution is -0.117. The predicted octanol–water partition coefficient (Wildman–Crippen LogP) is 1.46. The third-order valence-electron chi connectivity index (χ3n) is 2.07. The summed E-state index contributed by atoms with van der Waals surface area (Å²) in [6, 6.07) is 5.82. The molecule has 0 aliphatic heterocycles. The summed E-state index contributed by atoms with van der Waals surface area (Å²) in [6.45, 7) is 1.98. The zero-order chi connectivity index (χ0) is 11.3. The quantitative estimate of drug-likeness (QED) is 0.656. The highest BCUT2D eigenvalue weighted by Gasteiger charge is 2.11. The number of nitrogens with two attached hydrogens (primary N) is 1. The van der Waals surface area contributed by atoms with E-state index >= 15 is 0 Å². The van der Waals surface area contributed by atoms with Crippen molar-refractivity contribution in [3.05, 3.63) is 24.3 Å². The standard InChI is InChI=1S/C11H16N2O2/c1-2-3-10(12)11(15)13-8-4-6-9(14)7-5-8/h4-7,10,14H,2-3,12H2,1H3,(H,13,15). The van der Waals surface area contributed by atoms with Gasteiger partial charge in [0, 0.05) is 5.69 Å². The van der Waals surface area contributed by atoms with Crippen LogP contribution in [-0.4, -0.2) is 17.1 Å². The minimum atomic E-state index is -0.469. The first-order chi connectivity index (χ1) is 7.13. The van der Waals surface area contributed by atoms with Crippen molar-refractivity contribution >= 4 is 11.6 Å². The number of aromatic hydroxyl groups is 1. The van der Waals surface area contributed by atoms with Gasteiger partial charge in [0.25, 0.3) is 0 Å². The van der Waals surface area contributed by atoms with Crippen LogP contribution in [-0.2, 0) is 4.79 Å². The smallest absolute Gasteiger partial charge is 0.241 e. The van der Waals surface area contributed by atoms with Crippen molar-refractivity contribution in [3.8, 4) is 5.75 Å². The number of benzene rings is 1. The Labute approximate surface area is 89.1 Å². The van der Waals surface area contributed by atoms with E-state index in [9.17, 15) is 4.79 Å². The Balaban J connectivity index is 2.54. The number of phenols is 1. The molecule has 4 heteroatoms. The molecule has 82 valence electrons. The van der Waals surface area contributed by atoms with Crippen LogP contribution >= 0.6 is 0 Å². The van der Waals surface area contributed by atoms with Crippen LogP contribution in [0.1, 0.15) is 19.8 Å². The summed E-state index contributed by atoms with van der Waals surface area (Å²) in [5, 5.41) is 11.7. The maximum Gasteiger partial charge on any atom is 0.241 e. The number of carbonyl (C=O) groups is 1. The molecule has 1 atom stereocenters. The van der Waals surface area contributed by atoms with Gasteiger partial charge in [0.05, 0.1) is 6.04 Å². The molecule has 0 spiro atoms. The molecule has 0 heterocycles. The monoisotopic (exact) mass is 208 g/mol. The van der Waals surface area contributed by atoms with Crippen molar-refractivity contribution < 1.29 is 9.90 Å². The number of amides is 1. The van der Waals surface area contributed by atoms with Crippen molar-refractivity contribution in [2.45, 2.75) is 25.8 Å².